The monoisotopic (exact) mass is 384 g/mol. The number of hydrogen-bond donors (Lipinski definition) is 1. The van der Waals surface area contributed by atoms with Gasteiger partial charge in [0, 0.05) is 24.5 Å². The fourth-order valence-electron chi connectivity index (χ4n) is 2.85. The van der Waals surface area contributed by atoms with Gasteiger partial charge in [0.05, 0.1) is 0 Å². The summed E-state index contributed by atoms with van der Waals surface area (Å²) in [6.07, 6.45) is 2.72. The predicted molar refractivity (Wildman–Crippen MR) is 109 cm³/mol. The average molecular weight is 385 g/mol. The van der Waals surface area contributed by atoms with E-state index in [1.54, 1.807) is 23.1 Å². The van der Waals surface area contributed by atoms with Gasteiger partial charge in [0.2, 0.25) is 11.8 Å². The van der Waals surface area contributed by atoms with Crippen molar-refractivity contribution in [1.29, 1.82) is 0 Å². The van der Waals surface area contributed by atoms with Gasteiger partial charge in [-0.15, -0.1) is 6.58 Å². The maximum absolute atomic E-state index is 12.9. The van der Waals surface area contributed by atoms with Crippen LogP contribution in [0.15, 0.2) is 67.3 Å². The molecule has 0 aliphatic rings. The first-order chi connectivity index (χ1) is 13.1. The number of nitrogens with one attached hydrogen (secondary N) is 1. The van der Waals surface area contributed by atoms with Crippen LogP contribution in [0.5, 0.6) is 0 Å². The molecule has 0 aliphatic carbocycles. The highest BCUT2D eigenvalue weighted by Crippen LogP contribution is 2.25. The summed E-state index contributed by atoms with van der Waals surface area (Å²) in [5.41, 5.74) is 1.69. The van der Waals surface area contributed by atoms with Crippen molar-refractivity contribution in [3.63, 3.8) is 0 Å². The third-order valence-electron chi connectivity index (χ3n) is 4.15. The second kappa shape index (κ2) is 10.5. The third kappa shape index (κ3) is 5.97. The maximum atomic E-state index is 12.9. The zero-order valence-corrected chi connectivity index (χ0v) is 16.3. The lowest BCUT2D eigenvalue weighted by Crippen LogP contribution is -2.43. The molecule has 0 saturated carbocycles. The Morgan fingerprint density at radius 1 is 1.15 bits per heavy atom. The average Bonchev–Trinajstić information content (AvgIpc) is 2.68. The molecule has 0 spiro atoms. The Hall–Kier alpha value is -2.59. The Morgan fingerprint density at radius 2 is 1.81 bits per heavy atom. The minimum atomic E-state index is -0.708. The van der Waals surface area contributed by atoms with Crippen molar-refractivity contribution in [2.75, 3.05) is 6.54 Å². The molecule has 0 aromatic heterocycles. The van der Waals surface area contributed by atoms with E-state index >= 15 is 0 Å². The normalized spacial score (nSPS) is 11.5. The predicted octanol–water partition coefficient (Wildman–Crippen LogP) is 4.51. The molecule has 1 N–H and O–H groups in total. The Balaban J connectivity index is 2.41. The minimum absolute atomic E-state index is 0.0601. The summed E-state index contributed by atoms with van der Waals surface area (Å²) >= 11 is 5.97. The van der Waals surface area contributed by atoms with E-state index in [0.29, 0.717) is 31.0 Å². The molecule has 0 fully saturated rings. The van der Waals surface area contributed by atoms with Gasteiger partial charge in [-0.25, -0.2) is 0 Å². The summed E-state index contributed by atoms with van der Waals surface area (Å²) in [7, 11) is 0. The standard InChI is InChI=1S/C22H25ClN2O2/c1-3-8-20(26)25(16-17-11-13-19(23)14-12-17)21(22(27)24-15-4-2)18-9-6-5-7-10-18/h4-7,9-14,21H,2-3,8,15-16H2,1H3,(H,24,27)/t21-/m0/s1. The van der Waals surface area contributed by atoms with Crippen LogP contribution in [0.25, 0.3) is 0 Å². The van der Waals surface area contributed by atoms with Gasteiger partial charge in [0.25, 0.3) is 0 Å². The van der Waals surface area contributed by atoms with Crippen molar-refractivity contribution in [3.05, 3.63) is 83.4 Å². The zero-order chi connectivity index (χ0) is 19.6. The molecule has 0 heterocycles. The first-order valence-electron chi connectivity index (χ1n) is 9.04. The fraction of sp³-hybridized carbons (Fsp3) is 0.273. The van der Waals surface area contributed by atoms with E-state index in [1.165, 1.54) is 0 Å². The second-order valence-corrected chi connectivity index (χ2v) is 6.68. The highest BCUT2D eigenvalue weighted by molar-refractivity contribution is 6.30. The van der Waals surface area contributed by atoms with Crippen LogP contribution in [0.4, 0.5) is 0 Å². The number of rotatable bonds is 9. The van der Waals surface area contributed by atoms with Crippen LogP contribution in [0.2, 0.25) is 5.02 Å². The van der Waals surface area contributed by atoms with Crippen LogP contribution in [0.3, 0.4) is 0 Å². The Morgan fingerprint density at radius 3 is 2.41 bits per heavy atom. The summed E-state index contributed by atoms with van der Waals surface area (Å²) in [5, 5.41) is 3.46. The summed E-state index contributed by atoms with van der Waals surface area (Å²) in [5.74, 6) is -0.283. The van der Waals surface area contributed by atoms with Crippen molar-refractivity contribution in [3.8, 4) is 0 Å². The molecule has 2 amide bonds. The van der Waals surface area contributed by atoms with E-state index in [9.17, 15) is 9.59 Å². The quantitative estimate of drug-likeness (QED) is 0.646. The lowest BCUT2D eigenvalue weighted by atomic mass is 10.0. The van der Waals surface area contributed by atoms with Gasteiger partial charge in [-0.3, -0.25) is 9.59 Å². The highest BCUT2D eigenvalue weighted by Gasteiger charge is 2.30. The van der Waals surface area contributed by atoms with E-state index in [1.807, 2.05) is 49.4 Å². The summed E-state index contributed by atoms with van der Waals surface area (Å²) in [6, 6.07) is 16.0. The SMILES string of the molecule is C=CCNC(=O)[C@H](c1ccccc1)N(Cc1ccc(Cl)cc1)C(=O)CCC. The minimum Gasteiger partial charge on any atom is -0.351 e. The van der Waals surface area contributed by atoms with Gasteiger partial charge < -0.3 is 10.2 Å². The molecule has 2 aromatic carbocycles. The number of carbonyl (C=O) groups is 2. The molecular weight excluding hydrogens is 360 g/mol. The zero-order valence-electron chi connectivity index (χ0n) is 15.5. The molecule has 27 heavy (non-hydrogen) atoms. The molecule has 0 bridgehead atoms. The van der Waals surface area contributed by atoms with Crippen molar-refractivity contribution in [2.24, 2.45) is 0 Å². The van der Waals surface area contributed by atoms with E-state index < -0.39 is 6.04 Å². The molecule has 142 valence electrons. The third-order valence-corrected chi connectivity index (χ3v) is 4.40. The Kier molecular flexibility index (Phi) is 8.08. The molecule has 0 saturated heterocycles. The van der Waals surface area contributed by atoms with Gasteiger partial charge in [0.15, 0.2) is 0 Å². The van der Waals surface area contributed by atoms with Gasteiger partial charge >= 0.3 is 0 Å². The number of nitrogens with zero attached hydrogens (tertiary/aromatic N) is 1. The van der Waals surface area contributed by atoms with Crippen molar-refractivity contribution >= 4 is 23.4 Å². The summed E-state index contributed by atoms with van der Waals surface area (Å²) in [4.78, 5) is 27.5. The van der Waals surface area contributed by atoms with Crippen molar-refractivity contribution in [2.45, 2.75) is 32.4 Å². The molecule has 0 aliphatic heterocycles. The lowest BCUT2D eigenvalue weighted by Gasteiger charge is -2.31. The largest absolute Gasteiger partial charge is 0.351 e. The van der Waals surface area contributed by atoms with Crippen LogP contribution < -0.4 is 5.32 Å². The van der Waals surface area contributed by atoms with Crippen molar-refractivity contribution in [1.82, 2.24) is 10.2 Å². The van der Waals surface area contributed by atoms with E-state index in [-0.39, 0.29) is 11.8 Å². The summed E-state index contributed by atoms with van der Waals surface area (Å²) < 4.78 is 0. The van der Waals surface area contributed by atoms with Crippen LogP contribution in [-0.4, -0.2) is 23.3 Å². The lowest BCUT2D eigenvalue weighted by molar-refractivity contribution is -0.141. The molecular formula is C22H25ClN2O2. The Labute approximate surface area is 165 Å². The summed E-state index contributed by atoms with van der Waals surface area (Å²) in [6.45, 7) is 6.27. The van der Waals surface area contributed by atoms with Crippen molar-refractivity contribution < 1.29 is 9.59 Å². The molecule has 1 atom stereocenters. The Bertz CT molecular complexity index is 760. The molecule has 0 unspecified atom stereocenters. The highest BCUT2D eigenvalue weighted by atomic mass is 35.5. The molecule has 0 radical (unpaired) electrons. The maximum Gasteiger partial charge on any atom is 0.247 e. The van der Waals surface area contributed by atoms with E-state index in [2.05, 4.69) is 11.9 Å². The first kappa shape index (κ1) is 20.7. The first-order valence-corrected chi connectivity index (χ1v) is 9.42. The molecule has 5 heteroatoms. The number of hydrogen-bond acceptors (Lipinski definition) is 2. The second-order valence-electron chi connectivity index (χ2n) is 6.25. The van der Waals surface area contributed by atoms with Gasteiger partial charge in [-0.05, 0) is 29.7 Å². The molecule has 2 rings (SSSR count). The smallest absolute Gasteiger partial charge is 0.247 e. The van der Waals surface area contributed by atoms with Gasteiger partial charge in [-0.1, -0.05) is 67.1 Å². The number of halogens is 1. The number of amides is 2. The van der Waals surface area contributed by atoms with E-state index in [0.717, 1.165) is 11.1 Å². The topological polar surface area (TPSA) is 49.4 Å². The van der Waals surface area contributed by atoms with E-state index in [4.69, 9.17) is 11.6 Å². The van der Waals surface area contributed by atoms with Crippen LogP contribution in [0.1, 0.15) is 36.9 Å². The van der Waals surface area contributed by atoms with Crippen LogP contribution >= 0.6 is 11.6 Å². The van der Waals surface area contributed by atoms with Crippen LogP contribution in [0, 0.1) is 0 Å². The fourth-order valence-corrected chi connectivity index (χ4v) is 2.97. The van der Waals surface area contributed by atoms with Gasteiger partial charge in [-0.2, -0.15) is 0 Å². The molecule has 4 nitrogen and oxygen atoms in total. The van der Waals surface area contributed by atoms with Gasteiger partial charge in [0.1, 0.15) is 6.04 Å². The number of benzene rings is 2. The van der Waals surface area contributed by atoms with Crippen LogP contribution in [-0.2, 0) is 16.1 Å². The number of carbonyl (C=O) groups excluding carboxylic acids is 2. The molecule has 2 aromatic rings.